The quantitative estimate of drug-likeness (QED) is 0.789. The summed E-state index contributed by atoms with van der Waals surface area (Å²) in [4.78, 5) is 11.8. The Kier molecular flexibility index (Phi) is 4.08. The number of carbonyl (C=O) groups is 1. The molecule has 0 aliphatic heterocycles. The molecule has 0 radical (unpaired) electrons. The normalized spacial score (nSPS) is 10.3. The summed E-state index contributed by atoms with van der Waals surface area (Å²) in [5.41, 5.74) is -0.378. The molecule has 2 nitrogen and oxygen atoms in total. The molecule has 1 amide bonds. The lowest BCUT2D eigenvalue weighted by molar-refractivity contribution is 0.101. The minimum atomic E-state index is -0.949. The van der Waals surface area contributed by atoms with Crippen molar-refractivity contribution in [2.24, 2.45) is 0 Å². The maximum absolute atomic E-state index is 13.4. The molecule has 0 aliphatic carbocycles. The van der Waals surface area contributed by atoms with Gasteiger partial charge in [0.1, 0.15) is 23.0 Å². The van der Waals surface area contributed by atoms with E-state index in [9.17, 15) is 18.0 Å². The van der Waals surface area contributed by atoms with E-state index in [1.807, 2.05) is 22.6 Å². The van der Waals surface area contributed by atoms with Crippen LogP contribution >= 0.6 is 22.6 Å². The SMILES string of the molecule is O=C(Nc1ccc(F)cc1I)c1c(F)cccc1F. The van der Waals surface area contributed by atoms with Crippen LogP contribution in [0.2, 0.25) is 0 Å². The molecule has 6 heteroatoms. The Labute approximate surface area is 120 Å². The minimum absolute atomic E-state index is 0.287. The number of halogens is 4. The highest BCUT2D eigenvalue weighted by atomic mass is 127. The second-order valence-corrected chi connectivity index (χ2v) is 4.84. The van der Waals surface area contributed by atoms with Crippen LogP contribution in [0.5, 0.6) is 0 Å². The maximum atomic E-state index is 13.4. The van der Waals surface area contributed by atoms with Gasteiger partial charge in [0.25, 0.3) is 5.91 Å². The molecule has 2 aromatic rings. The number of anilines is 1. The van der Waals surface area contributed by atoms with Gasteiger partial charge in [-0.25, -0.2) is 13.2 Å². The number of nitrogens with one attached hydrogen (secondary N) is 1. The Bertz CT molecular complexity index is 626. The summed E-state index contributed by atoms with van der Waals surface area (Å²) < 4.78 is 40.1. The van der Waals surface area contributed by atoms with E-state index in [1.165, 1.54) is 18.2 Å². The third-order valence-corrected chi connectivity index (χ3v) is 3.26. The van der Waals surface area contributed by atoms with Crippen molar-refractivity contribution in [1.82, 2.24) is 0 Å². The molecule has 0 fully saturated rings. The van der Waals surface area contributed by atoms with Crippen LogP contribution in [-0.2, 0) is 0 Å². The topological polar surface area (TPSA) is 29.1 Å². The van der Waals surface area contributed by atoms with Crippen molar-refractivity contribution in [2.45, 2.75) is 0 Å². The molecule has 0 heterocycles. The number of hydrogen-bond donors (Lipinski definition) is 1. The Morgan fingerprint density at radius 2 is 1.68 bits per heavy atom. The average Bonchev–Trinajstić information content (AvgIpc) is 2.32. The first-order valence-electron chi connectivity index (χ1n) is 5.19. The van der Waals surface area contributed by atoms with E-state index in [0.717, 1.165) is 18.2 Å². The van der Waals surface area contributed by atoms with Gasteiger partial charge in [-0.3, -0.25) is 4.79 Å². The number of carbonyl (C=O) groups excluding carboxylic acids is 1. The largest absolute Gasteiger partial charge is 0.321 e. The first-order chi connectivity index (χ1) is 8.99. The Morgan fingerprint density at radius 1 is 1.05 bits per heavy atom. The van der Waals surface area contributed by atoms with E-state index in [1.54, 1.807) is 0 Å². The summed E-state index contributed by atoms with van der Waals surface area (Å²) in [6, 6.07) is 6.83. The Balaban J connectivity index is 2.31. The molecule has 0 spiro atoms. The van der Waals surface area contributed by atoms with Crippen molar-refractivity contribution in [2.75, 3.05) is 5.32 Å². The van der Waals surface area contributed by atoms with Gasteiger partial charge < -0.3 is 5.32 Å². The zero-order valence-corrected chi connectivity index (χ0v) is 11.5. The molecule has 0 aliphatic rings. The van der Waals surface area contributed by atoms with Crippen LogP contribution in [0.15, 0.2) is 36.4 Å². The van der Waals surface area contributed by atoms with Crippen molar-refractivity contribution in [3.8, 4) is 0 Å². The predicted octanol–water partition coefficient (Wildman–Crippen LogP) is 3.96. The number of amides is 1. The van der Waals surface area contributed by atoms with Crippen molar-refractivity contribution in [3.63, 3.8) is 0 Å². The van der Waals surface area contributed by atoms with Crippen LogP contribution < -0.4 is 5.32 Å². The highest BCUT2D eigenvalue weighted by Gasteiger charge is 2.17. The lowest BCUT2D eigenvalue weighted by atomic mass is 10.2. The molecule has 98 valence electrons. The molecule has 0 aromatic heterocycles. The van der Waals surface area contributed by atoms with Gasteiger partial charge in [0, 0.05) is 3.57 Å². The van der Waals surface area contributed by atoms with Crippen LogP contribution in [0.1, 0.15) is 10.4 Å². The van der Waals surface area contributed by atoms with Crippen LogP contribution in [0, 0.1) is 21.0 Å². The number of benzene rings is 2. The van der Waals surface area contributed by atoms with Gasteiger partial charge in [-0.05, 0) is 52.9 Å². The first kappa shape index (κ1) is 13.9. The van der Waals surface area contributed by atoms with Crippen LogP contribution in [-0.4, -0.2) is 5.91 Å². The summed E-state index contributed by atoms with van der Waals surface area (Å²) in [6.07, 6.45) is 0. The zero-order valence-electron chi connectivity index (χ0n) is 9.38. The van der Waals surface area contributed by atoms with Gasteiger partial charge in [0.2, 0.25) is 0 Å². The van der Waals surface area contributed by atoms with Crippen LogP contribution in [0.3, 0.4) is 0 Å². The fraction of sp³-hybridized carbons (Fsp3) is 0. The Morgan fingerprint density at radius 3 is 2.26 bits per heavy atom. The monoisotopic (exact) mass is 377 g/mol. The third kappa shape index (κ3) is 3.06. The molecule has 0 saturated heterocycles. The summed E-state index contributed by atoms with van der Waals surface area (Å²) in [5, 5.41) is 2.34. The molecule has 0 saturated carbocycles. The molecule has 0 atom stereocenters. The molecule has 0 bridgehead atoms. The number of rotatable bonds is 2. The van der Waals surface area contributed by atoms with E-state index in [2.05, 4.69) is 5.32 Å². The van der Waals surface area contributed by atoms with E-state index in [-0.39, 0.29) is 5.69 Å². The molecular weight excluding hydrogens is 370 g/mol. The standard InChI is InChI=1S/C13H7F3INO/c14-7-4-5-11(10(17)6-7)18-13(19)12-8(15)2-1-3-9(12)16/h1-6H,(H,18,19). The molecule has 1 N–H and O–H groups in total. The second kappa shape index (κ2) is 5.60. The van der Waals surface area contributed by atoms with Gasteiger partial charge in [-0.15, -0.1) is 0 Å². The maximum Gasteiger partial charge on any atom is 0.261 e. The third-order valence-electron chi connectivity index (χ3n) is 2.37. The summed E-state index contributed by atoms with van der Waals surface area (Å²) in [6.45, 7) is 0. The van der Waals surface area contributed by atoms with Gasteiger partial charge in [-0.1, -0.05) is 6.07 Å². The smallest absolute Gasteiger partial charge is 0.261 e. The second-order valence-electron chi connectivity index (χ2n) is 3.67. The van der Waals surface area contributed by atoms with Crippen molar-refractivity contribution >= 4 is 34.2 Å². The summed E-state index contributed by atoms with van der Waals surface area (Å²) in [5.74, 6) is -3.27. The van der Waals surface area contributed by atoms with Crippen molar-refractivity contribution in [1.29, 1.82) is 0 Å². The average molecular weight is 377 g/mol. The highest BCUT2D eigenvalue weighted by molar-refractivity contribution is 14.1. The van der Waals surface area contributed by atoms with Gasteiger partial charge >= 0.3 is 0 Å². The molecule has 2 rings (SSSR count). The fourth-order valence-corrected chi connectivity index (χ4v) is 2.10. The van der Waals surface area contributed by atoms with E-state index in [0.29, 0.717) is 3.57 Å². The molecule has 19 heavy (non-hydrogen) atoms. The zero-order chi connectivity index (χ0) is 14.0. The van der Waals surface area contributed by atoms with Gasteiger partial charge in [-0.2, -0.15) is 0 Å². The van der Waals surface area contributed by atoms with Crippen molar-refractivity contribution < 1.29 is 18.0 Å². The van der Waals surface area contributed by atoms with Gasteiger partial charge in [0.15, 0.2) is 0 Å². The summed E-state index contributed by atoms with van der Waals surface area (Å²) >= 11 is 1.81. The highest BCUT2D eigenvalue weighted by Crippen LogP contribution is 2.21. The molecule has 2 aromatic carbocycles. The first-order valence-corrected chi connectivity index (χ1v) is 6.27. The van der Waals surface area contributed by atoms with Gasteiger partial charge in [0.05, 0.1) is 5.69 Å². The molecular formula is C13H7F3INO. The Hall–Kier alpha value is -1.57. The lowest BCUT2D eigenvalue weighted by Gasteiger charge is -2.08. The fourth-order valence-electron chi connectivity index (χ4n) is 1.49. The van der Waals surface area contributed by atoms with E-state index < -0.39 is 28.9 Å². The van der Waals surface area contributed by atoms with E-state index >= 15 is 0 Å². The minimum Gasteiger partial charge on any atom is -0.321 e. The summed E-state index contributed by atoms with van der Waals surface area (Å²) in [7, 11) is 0. The number of hydrogen-bond acceptors (Lipinski definition) is 1. The predicted molar refractivity (Wildman–Crippen MR) is 73.4 cm³/mol. The van der Waals surface area contributed by atoms with Crippen molar-refractivity contribution in [3.05, 3.63) is 63.0 Å². The van der Waals surface area contributed by atoms with Crippen LogP contribution in [0.4, 0.5) is 18.9 Å². The van der Waals surface area contributed by atoms with Crippen LogP contribution in [0.25, 0.3) is 0 Å². The lowest BCUT2D eigenvalue weighted by Crippen LogP contribution is -2.16. The van der Waals surface area contributed by atoms with E-state index in [4.69, 9.17) is 0 Å². The molecule has 0 unspecified atom stereocenters.